The number of imide groups is 1. The quantitative estimate of drug-likeness (QED) is 0.469. The summed E-state index contributed by atoms with van der Waals surface area (Å²) in [6.07, 6.45) is 9.97. The fourth-order valence-electron chi connectivity index (χ4n) is 8.47. The van der Waals surface area contributed by atoms with Crippen LogP contribution in [0.25, 0.3) is 11.1 Å². The average Bonchev–Trinajstić information content (AvgIpc) is 3.27. The molecule has 182 valence electrons. The Morgan fingerprint density at radius 3 is 2.49 bits per heavy atom. The first kappa shape index (κ1) is 22.7. The summed E-state index contributed by atoms with van der Waals surface area (Å²) in [4.78, 5) is 26.9. The number of nitrogens with one attached hydrogen (secondary N) is 1. The van der Waals surface area contributed by atoms with Crippen molar-refractivity contribution >= 4 is 23.3 Å². The first-order valence-electron chi connectivity index (χ1n) is 13.6. The predicted molar refractivity (Wildman–Crippen MR) is 139 cm³/mol. The zero-order valence-electron chi connectivity index (χ0n) is 21.1. The molecule has 0 saturated heterocycles. The van der Waals surface area contributed by atoms with Gasteiger partial charge in [-0.25, -0.2) is 10.1 Å². The molecule has 3 saturated carbocycles. The largest absolute Gasteiger partial charge is 0.503 e. The zero-order valence-corrected chi connectivity index (χ0v) is 21.1. The summed E-state index contributed by atoms with van der Waals surface area (Å²) in [6, 6.07) is 17.7. The topological polar surface area (TPSA) is 49.2 Å². The summed E-state index contributed by atoms with van der Waals surface area (Å²) in [5.74, 6) is 2.09. The third-order valence-electron chi connectivity index (χ3n) is 10.2. The first-order chi connectivity index (χ1) is 16.9. The van der Waals surface area contributed by atoms with E-state index in [2.05, 4.69) is 19.2 Å². The Kier molecular flexibility index (Phi) is 5.47. The Bertz CT molecular complexity index is 1200. The van der Waals surface area contributed by atoms with Crippen LogP contribution < -0.4 is 5.32 Å². The Morgan fingerprint density at radius 2 is 1.66 bits per heavy atom. The highest BCUT2D eigenvalue weighted by molar-refractivity contribution is 6.03. The molecule has 5 atom stereocenters. The van der Waals surface area contributed by atoms with Crippen LogP contribution in [0, 0.1) is 28.6 Å². The van der Waals surface area contributed by atoms with Crippen LogP contribution in [0.2, 0.25) is 0 Å². The van der Waals surface area contributed by atoms with Gasteiger partial charge in [0.05, 0.1) is 12.1 Å². The molecule has 4 aliphatic rings. The van der Waals surface area contributed by atoms with Gasteiger partial charge in [0.2, 0.25) is 0 Å². The lowest BCUT2D eigenvalue weighted by Crippen LogP contribution is -2.57. The molecule has 3 aliphatic carbocycles. The Balaban J connectivity index is 1.34. The summed E-state index contributed by atoms with van der Waals surface area (Å²) in [5, 5.41) is 3.12. The van der Waals surface area contributed by atoms with Crippen molar-refractivity contribution in [1.29, 1.82) is 0 Å². The van der Waals surface area contributed by atoms with Gasteiger partial charge in [-0.3, -0.25) is 0 Å². The molecule has 35 heavy (non-hydrogen) atoms. The lowest BCUT2D eigenvalue weighted by Gasteiger charge is -2.56. The lowest BCUT2D eigenvalue weighted by molar-refractivity contribution is -0.369. The maximum absolute atomic E-state index is 13.7. The van der Waals surface area contributed by atoms with E-state index < -0.39 is 0 Å². The molecular formula is C31H37N2O2+. The number of carbonyl (C=O) groups excluding carboxylic acids is 2. The van der Waals surface area contributed by atoms with Gasteiger partial charge in [0.15, 0.2) is 0 Å². The minimum atomic E-state index is -0.292. The van der Waals surface area contributed by atoms with Crippen LogP contribution in [-0.4, -0.2) is 22.2 Å². The van der Waals surface area contributed by atoms with Crippen molar-refractivity contribution in [2.75, 3.05) is 5.32 Å². The van der Waals surface area contributed by atoms with Gasteiger partial charge >= 0.3 is 11.9 Å². The van der Waals surface area contributed by atoms with Gasteiger partial charge in [-0.2, -0.15) is 4.79 Å². The van der Waals surface area contributed by atoms with Crippen LogP contribution >= 0.6 is 0 Å². The smallest absolute Gasteiger partial charge is 0.246 e. The predicted octanol–water partition coefficient (Wildman–Crippen LogP) is 7.29. The standard InChI is InChI=1S/C31H36N2O2/c1-30-18-8-12-24(30)23-14-15-27-31(2,25(23)16-19-30)20-17-28(34)33(27)29(35)32-26-13-7-6-11-22(26)21-9-4-3-5-10-21/h3-7,9-11,13,23-25H,8,12,14-20H2,1-2H3/p+1/t23-,24-,25-,30-,31+/m0/s1. The van der Waals surface area contributed by atoms with Crippen molar-refractivity contribution in [3.05, 3.63) is 54.6 Å². The van der Waals surface area contributed by atoms with Gasteiger partial charge in [0.1, 0.15) is 5.69 Å². The number of hydrogen-bond acceptors (Lipinski definition) is 2. The van der Waals surface area contributed by atoms with E-state index in [0.717, 1.165) is 53.6 Å². The van der Waals surface area contributed by atoms with Gasteiger partial charge in [0, 0.05) is 17.4 Å². The van der Waals surface area contributed by atoms with Crippen LogP contribution in [-0.2, 0) is 4.79 Å². The van der Waals surface area contributed by atoms with E-state index in [-0.39, 0.29) is 17.4 Å². The van der Waals surface area contributed by atoms with Gasteiger partial charge in [0.25, 0.3) is 0 Å². The molecule has 1 heterocycles. The normalized spacial score (nSPS) is 34.1. The maximum Gasteiger partial charge on any atom is 0.503 e. The maximum atomic E-state index is 13.7. The number of para-hydroxylation sites is 1. The number of amides is 3. The Labute approximate surface area is 208 Å². The number of benzene rings is 2. The van der Waals surface area contributed by atoms with Crippen molar-refractivity contribution < 1.29 is 14.2 Å². The molecule has 4 heteroatoms. The van der Waals surface area contributed by atoms with Crippen molar-refractivity contribution in [1.82, 2.24) is 0 Å². The van der Waals surface area contributed by atoms with Gasteiger partial charge in [-0.05, 0) is 73.3 Å². The van der Waals surface area contributed by atoms with Gasteiger partial charge in [-0.1, -0.05) is 68.8 Å². The minimum Gasteiger partial charge on any atom is -0.246 e. The van der Waals surface area contributed by atoms with Crippen LogP contribution in [0.1, 0.15) is 71.6 Å². The Morgan fingerprint density at radius 1 is 0.886 bits per heavy atom. The second kappa shape index (κ2) is 8.43. The lowest BCUT2D eigenvalue weighted by atomic mass is 9.48. The van der Waals surface area contributed by atoms with Gasteiger partial charge < -0.3 is 0 Å². The van der Waals surface area contributed by atoms with E-state index in [9.17, 15) is 9.59 Å². The number of rotatable bonds is 2. The molecular weight excluding hydrogens is 432 g/mol. The molecule has 1 N–H and O–H groups in total. The van der Waals surface area contributed by atoms with Gasteiger partial charge in [-0.15, -0.1) is 4.58 Å². The fourth-order valence-corrected chi connectivity index (χ4v) is 8.47. The molecule has 0 unspecified atom stereocenters. The van der Waals surface area contributed by atoms with E-state index >= 15 is 0 Å². The molecule has 2 aromatic carbocycles. The van der Waals surface area contributed by atoms with E-state index in [1.54, 1.807) is 4.58 Å². The summed E-state index contributed by atoms with van der Waals surface area (Å²) < 4.78 is 1.55. The van der Waals surface area contributed by atoms with Crippen LogP contribution in [0.15, 0.2) is 54.6 Å². The number of anilines is 1. The zero-order chi connectivity index (χ0) is 24.2. The van der Waals surface area contributed by atoms with E-state index in [1.165, 1.54) is 32.1 Å². The molecule has 0 aromatic heterocycles. The SMILES string of the molecule is C[C@@]12CCC[C@H]1[C@@H]1CCC3=[N+](C(=O)Nc4ccccc4-c4ccccc4)C(=O)CC[C@]3(C)[C@H]1CC2. The monoisotopic (exact) mass is 469 g/mol. The number of hydrogen-bond donors (Lipinski definition) is 1. The molecule has 0 bridgehead atoms. The second-order valence-electron chi connectivity index (χ2n) is 11.9. The first-order valence-corrected chi connectivity index (χ1v) is 13.6. The van der Waals surface area contributed by atoms with Crippen LogP contribution in [0.4, 0.5) is 10.5 Å². The second-order valence-corrected chi connectivity index (χ2v) is 11.9. The number of nitrogens with zero attached hydrogens (tertiary/aromatic N) is 1. The van der Waals surface area contributed by atoms with E-state index in [0.29, 0.717) is 17.8 Å². The molecule has 3 fully saturated rings. The third kappa shape index (κ3) is 3.59. The molecule has 4 nitrogen and oxygen atoms in total. The molecule has 6 rings (SSSR count). The van der Waals surface area contributed by atoms with Crippen molar-refractivity contribution in [2.45, 2.75) is 71.6 Å². The number of fused-ring (bicyclic) bond motifs is 5. The van der Waals surface area contributed by atoms with Crippen LogP contribution in [0.3, 0.4) is 0 Å². The summed E-state index contributed by atoms with van der Waals surface area (Å²) in [5.41, 5.74) is 4.29. The van der Waals surface area contributed by atoms with Crippen molar-refractivity contribution in [3.63, 3.8) is 0 Å². The molecule has 2 aromatic rings. The van der Waals surface area contributed by atoms with Crippen molar-refractivity contribution in [3.8, 4) is 11.1 Å². The van der Waals surface area contributed by atoms with Crippen molar-refractivity contribution in [2.24, 2.45) is 28.6 Å². The van der Waals surface area contributed by atoms with E-state index in [4.69, 9.17) is 0 Å². The molecule has 0 spiro atoms. The molecule has 1 aliphatic heterocycles. The summed E-state index contributed by atoms with van der Waals surface area (Å²) in [6.45, 7) is 4.89. The Hall–Kier alpha value is -2.75. The minimum absolute atomic E-state index is 0.0490. The highest BCUT2D eigenvalue weighted by atomic mass is 16.2. The summed E-state index contributed by atoms with van der Waals surface area (Å²) in [7, 11) is 0. The summed E-state index contributed by atoms with van der Waals surface area (Å²) >= 11 is 0. The number of urea groups is 1. The number of carbonyl (C=O) groups is 2. The molecule has 0 radical (unpaired) electrons. The third-order valence-corrected chi connectivity index (χ3v) is 10.2. The van der Waals surface area contributed by atoms with Crippen LogP contribution in [0.5, 0.6) is 0 Å². The average molecular weight is 470 g/mol. The molecule has 3 amide bonds. The van der Waals surface area contributed by atoms with E-state index in [1.807, 2.05) is 54.6 Å². The highest BCUT2D eigenvalue weighted by Crippen LogP contribution is 2.63. The highest BCUT2D eigenvalue weighted by Gasteiger charge is 2.59. The fraction of sp³-hybridized carbons (Fsp3) is 0.516.